The molecule has 20 heavy (non-hydrogen) atoms. The van der Waals surface area contributed by atoms with E-state index in [1.54, 1.807) is 6.20 Å². The largest absolute Gasteiger partial charge is 0.437 e. The number of pyridine rings is 1. The first-order valence-electron chi connectivity index (χ1n) is 5.90. The fourth-order valence-corrected chi connectivity index (χ4v) is 2.13. The van der Waals surface area contributed by atoms with Gasteiger partial charge in [0.05, 0.1) is 16.7 Å². The number of oxazole rings is 1. The monoisotopic (exact) mass is 287 g/mol. The number of nitrogens with two attached hydrogens (primary N) is 1. The average Bonchev–Trinajstić information content (AvgIpc) is 2.87. The summed E-state index contributed by atoms with van der Waals surface area (Å²) in [6.07, 6.45) is 3.63. The maximum Gasteiger partial charge on any atom is 0.304 e. The molecule has 6 heteroatoms. The second-order valence-electron chi connectivity index (χ2n) is 4.35. The summed E-state index contributed by atoms with van der Waals surface area (Å²) in [5.74, 6) is -0.176. The Morgan fingerprint density at radius 1 is 1.25 bits per heavy atom. The number of aromatic nitrogens is 2. The number of fused-ring (bicyclic) bond motifs is 1. The van der Waals surface area contributed by atoms with Gasteiger partial charge in [0.1, 0.15) is 5.76 Å². The Balaban J connectivity index is 1.91. The van der Waals surface area contributed by atoms with E-state index in [9.17, 15) is 4.79 Å². The highest BCUT2D eigenvalue weighted by Crippen LogP contribution is 2.20. The summed E-state index contributed by atoms with van der Waals surface area (Å²) in [5.41, 5.74) is 6.97. The molecule has 2 aromatic heterocycles. The lowest BCUT2D eigenvalue weighted by Crippen LogP contribution is -2.10. The van der Waals surface area contributed by atoms with E-state index in [0.29, 0.717) is 17.2 Å². The van der Waals surface area contributed by atoms with Crippen LogP contribution in [0.25, 0.3) is 10.9 Å². The van der Waals surface area contributed by atoms with Crippen LogP contribution < -0.4 is 5.73 Å². The topological polar surface area (TPSA) is 82.0 Å². The first-order valence-corrected chi connectivity index (χ1v) is 6.28. The normalized spacial score (nSPS) is 10.8. The van der Waals surface area contributed by atoms with Crippen molar-refractivity contribution < 1.29 is 9.21 Å². The van der Waals surface area contributed by atoms with Gasteiger partial charge >= 0.3 is 5.91 Å². The van der Waals surface area contributed by atoms with Gasteiger partial charge in [-0.2, -0.15) is 0 Å². The van der Waals surface area contributed by atoms with Gasteiger partial charge < -0.3 is 10.2 Å². The standard InChI is InChI=1S/C14H10ClN3O2/c15-10-5-9-3-8(1-2-12(9)17-6-10)4-11-7-18-14(20-11)13(16)19/h1-3,5-7H,4H2,(H2,16,19). The number of benzene rings is 1. The number of nitrogens with zero attached hydrogens (tertiary/aromatic N) is 2. The van der Waals surface area contributed by atoms with Gasteiger partial charge in [0.2, 0.25) is 0 Å². The predicted octanol–water partition coefficient (Wildman–Crippen LogP) is 2.57. The van der Waals surface area contributed by atoms with Crippen LogP contribution in [-0.2, 0) is 6.42 Å². The third kappa shape index (κ3) is 2.48. The number of hydrogen-bond acceptors (Lipinski definition) is 4. The molecule has 100 valence electrons. The Bertz CT molecular complexity index is 798. The van der Waals surface area contributed by atoms with Crippen LogP contribution in [0.5, 0.6) is 0 Å². The number of hydrogen-bond donors (Lipinski definition) is 1. The second kappa shape index (κ2) is 4.94. The number of halogens is 1. The van der Waals surface area contributed by atoms with Crippen molar-refractivity contribution in [1.29, 1.82) is 0 Å². The zero-order chi connectivity index (χ0) is 14.1. The van der Waals surface area contributed by atoms with Gasteiger partial charge in [-0.05, 0) is 23.8 Å². The Morgan fingerprint density at radius 2 is 2.10 bits per heavy atom. The zero-order valence-electron chi connectivity index (χ0n) is 10.3. The molecule has 0 aliphatic heterocycles. The van der Waals surface area contributed by atoms with Crippen LogP contribution in [0.15, 0.2) is 41.1 Å². The minimum atomic E-state index is -0.675. The van der Waals surface area contributed by atoms with Gasteiger partial charge in [-0.3, -0.25) is 9.78 Å². The molecule has 0 atom stereocenters. The van der Waals surface area contributed by atoms with E-state index in [-0.39, 0.29) is 5.89 Å². The highest BCUT2D eigenvalue weighted by molar-refractivity contribution is 6.31. The number of carbonyl (C=O) groups is 1. The van der Waals surface area contributed by atoms with Crippen molar-refractivity contribution in [2.45, 2.75) is 6.42 Å². The van der Waals surface area contributed by atoms with Crippen molar-refractivity contribution in [1.82, 2.24) is 9.97 Å². The molecule has 0 spiro atoms. The highest BCUT2D eigenvalue weighted by Gasteiger charge is 2.09. The van der Waals surface area contributed by atoms with E-state index in [1.807, 2.05) is 24.3 Å². The Labute approximate surface area is 119 Å². The van der Waals surface area contributed by atoms with Crippen molar-refractivity contribution in [3.05, 3.63) is 58.9 Å². The molecular weight excluding hydrogens is 278 g/mol. The summed E-state index contributed by atoms with van der Waals surface area (Å²) in [4.78, 5) is 19.0. The van der Waals surface area contributed by atoms with E-state index >= 15 is 0 Å². The summed E-state index contributed by atoms with van der Waals surface area (Å²) < 4.78 is 5.26. The minimum Gasteiger partial charge on any atom is -0.437 e. The Kier molecular flexibility index (Phi) is 3.12. The van der Waals surface area contributed by atoms with Gasteiger partial charge in [0, 0.05) is 18.0 Å². The molecule has 2 N–H and O–H groups in total. The number of rotatable bonds is 3. The first-order chi connectivity index (χ1) is 9.61. The lowest BCUT2D eigenvalue weighted by atomic mass is 10.1. The second-order valence-corrected chi connectivity index (χ2v) is 4.79. The van der Waals surface area contributed by atoms with Crippen LogP contribution >= 0.6 is 11.6 Å². The SMILES string of the molecule is NC(=O)c1ncc(Cc2ccc3ncc(Cl)cc3c2)o1. The van der Waals surface area contributed by atoms with E-state index < -0.39 is 5.91 Å². The van der Waals surface area contributed by atoms with Crippen LogP contribution in [0.1, 0.15) is 22.0 Å². The van der Waals surface area contributed by atoms with Crippen LogP contribution in [0.3, 0.4) is 0 Å². The molecule has 3 aromatic rings. The van der Waals surface area contributed by atoms with Crippen LogP contribution in [0.4, 0.5) is 0 Å². The van der Waals surface area contributed by atoms with Gasteiger partial charge in [-0.1, -0.05) is 17.7 Å². The summed E-state index contributed by atoms with van der Waals surface area (Å²) >= 11 is 5.93. The molecular formula is C14H10ClN3O2. The van der Waals surface area contributed by atoms with Crippen molar-refractivity contribution in [2.75, 3.05) is 0 Å². The third-order valence-corrected chi connectivity index (χ3v) is 3.06. The maximum absolute atomic E-state index is 10.9. The molecule has 0 aliphatic carbocycles. The van der Waals surface area contributed by atoms with Gasteiger partial charge in [-0.15, -0.1) is 0 Å². The van der Waals surface area contributed by atoms with Crippen LogP contribution in [-0.4, -0.2) is 15.9 Å². The zero-order valence-corrected chi connectivity index (χ0v) is 11.1. The van der Waals surface area contributed by atoms with E-state index in [1.165, 1.54) is 6.20 Å². The summed E-state index contributed by atoms with van der Waals surface area (Å²) in [6.45, 7) is 0. The van der Waals surface area contributed by atoms with Gasteiger partial charge in [0.25, 0.3) is 5.89 Å². The number of carbonyl (C=O) groups excluding carboxylic acids is 1. The molecule has 0 unspecified atom stereocenters. The van der Waals surface area contributed by atoms with Crippen LogP contribution in [0, 0.1) is 0 Å². The molecule has 0 bridgehead atoms. The predicted molar refractivity (Wildman–Crippen MR) is 74.6 cm³/mol. The van der Waals surface area contributed by atoms with Crippen molar-refractivity contribution >= 4 is 28.4 Å². The van der Waals surface area contributed by atoms with E-state index in [4.69, 9.17) is 21.8 Å². The smallest absolute Gasteiger partial charge is 0.304 e. The Morgan fingerprint density at radius 3 is 2.85 bits per heavy atom. The van der Waals surface area contributed by atoms with Gasteiger partial charge in [0.15, 0.2) is 0 Å². The Hall–Kier alpha value is -2.40. The maximum atomic E-state index is 10.9. The molecule has 0 radical (unpaired) electrons. The molecule has 0 fully saturated rings. The minimum absolute atomic E-state index is 0.0782. The van der Waals surface area contributed by atoms with Crippen molar-refractivity contribution in [3.63, 3.8) is 0 Å². The number of amides is 1. The first kappa shape index (κ1) is 12.6. The molecule has 0 saturated heterocycles. The molecule has 1 aromatic carbocycles. The average molecular weight is 288 g/mol. The van der Waals surface area contributed by atoms with Crippen molar-refractivity contribution in [3.8, 4) is 0 Å². The molecule has 0 saturated carbocycles. The fourth-order valence-electron chi connectivity index (χ4n) is 1.97. The van der Waals surface area contributed by atoms with Gasteiger partial charge in [-0.25, -0.2) is 4.98 Å². The van der Waals surface area contributed by atoms with E-state index in [2.05, 4.69) is 9.97 Å². The third-order valence-electron chi connectivity index (χ3n) is 2.86. The molecule has 1 amide bonds. The molecule has 3 rings (SSSR count). The van der Waals surface area contributed by atoms with Crippen molar-refractivity contribution in [2.24, 2.45) is 5.73 Å². The fraction of sp³-hybridized carbons (Fsp3) is 0.0714. The lowest BCUT2D eigenvalue weighted by molar-refractivity contribution is 0.0965. The number of primary amides is 1. The molecule has 2 heterocycles. The quantitative estimate of drug-likeness (QED) is 0.802. The summed E-state index contributed by atoms with van der Waals surface area (Å²) in [5, 5.41) is 1.54. The summed E-state index contributed by atoms with van der Waals surface area (Å²) in [7, 11) is 0. The van der Waals surface area contributed by atoms with E-state index in [0.717, 1.165) is 16.5 Å². The highest BCUT2D eigenvalue weighted by atomic mass is 35.5. The summed E-state index contributed by atoms with van der Waals surface area (Å²) in [6, 6.07) is 7.67. The van der Waals surface area contributed by atoms with Crippen LogP contribution in [0.2, 0.25) is 5.02 Å². The lowest BCUT2D eigenvalue weighted by Gasteiger charge is -2.02. The molecule has 5 nitrogen and oxygen atoms in total. The molecule has 0 aliphatic rings.